The Morgan fingerprint density at radius 2 is 1.43 bits per heavy atom. The number of hydrogen-bond acceptors (Lipinski definition) is 3. The van der Waals surface area contributed by atoms with Gasteiger partial charge in [0.05, 0.1) is 7.11 Å². The Morgan fingerprint density at radius 1 is 0.865 bits per heavy atom. The maximum Gasteiger partial charge on any atom is 0.139 e. The summed E-state index contributed by atoms with van der Waals surface area (Å²) in [5.74, 6) is 1.31. The van der Waals surface area contributed by atoms with Crippen LogP contribution in [-0.2, 0) is 22.2 Å². The van der Waals surface area contributed by atoms with Gasteiger partial charge < -0.3 is 4.74 Å². The number of nitrogens with zero attached hydrogens (tertiary/aromatic N) is 1. The van der Waals surface area contributed by atoms with Gasteiger partial charge in [0.15, 0.2) is 0 Å². The van der Waals surface area contributed by atoms with Crippen molar-refractivity contribution in [2.24, 2.45) is 5.92 Å². The predicted octanol–water partition coefficient (Wildman–Crippen LogP) is 7.51. The van der Waals surface area contributed by atoms with Gasteiger partial charge in [-0.15, -0.1) is 0 Å². The van der Waals surface area contributed by atoms with Crippen molar-refractivity contribution >= 4 is 5.78 Å². The van der Waals surface area contributed by atoms with Crippen LogP contribution in [0.4, 0.5) is 0 Å². The SMILES string of the molecule is COc1c(CN2CCC(=O)C(C(c3ccccc3)c3ccccc3)C2)cc(C(C)(C)C)cc1C(C)(C)C. The summed E-state index contributed by atoms with van der Waals surface area (Å²) < 4.78 is 6.05. The molecule has 0 bridgehead atoms. The lowest BCUT2D eigenvalue weighted by molar-refractivity contribution is -0.126. The number of Topliss-reactive ketones (excluding diaryl/α,β-unsaturated/α-hetero) is 1. The number of carbonyl (C=O) groups is 1. The second-order valence-corrected chi connectivity index (χ2v) is 12.6. The van der Waals surface area contributed by atoms with Crippen LogP contribution in [-0.4, -0.2) is 30.9 Å². The van der Waals surface area contributed by atoms with E-state index >= 15 is 0 Å². The van der Waals surface area contributed by atoms with Gasteiger partial charge in [0, 0.05) is 49.0 Å². The summed E-state index contributed by atoms with van der Waals surface area (Å²) in [5, 5.41) is 0. The second-order valence-electron chi connectivity index (χ2n) is 12.6. The van der Waals surface area contributed by atoms with E-state index in [4.69, 9.17) is 4.74 Å². The van der Waals surface area contributed by atoms with E-state index in [1.165, 1.54) is 27.8 Å². The molecule has 0 aromatic heterocycles. The molecule has 0 saturated carbocycles. The summed E-state index contributed by atoms with van der Waals surface area (Å²) in [7, 11) is 1.79. The number of benzene rings is 3. The molecule has 1 fully saturated rings. The van der Waals surface area contributed by atoms with E-state index in [1.807, 2.05) is 12.1 Å². The standard InChI is InChI=1S/C34H43NO2/c1-33(2,3)27-20-26(32(37-7)29(21-27)34(4,5)6)22-35-19-18-30(36)28(23-35)31(24-14-10-8-11-15-24)25-16-12-9-13-17-25/h8-17,20-21,28,31H,18-19,22-23H2,1-7H3. The summed E-state index contributed by atoms with van der Waals surface area (Å²) in [6, 6.07) is 25.7. The molecule has 1 heterocycles. The Bertz CT molecular complexity index is 1160. The number of methoxy groups -OCH3 is 1. The fraction of sp³-hybridized carbons (Fsp3) is 0.441. The van der Waals surface area contributed by atoms with Crippen molar-refractivity contribution < 1.29 is 9.53 Å². The zero-order chi connectivity index (χ0) is 26.8. The van der Waals surface area contributed by atoms with Crippen molar-refractivity contribution in [3.63, 3.8) is 0 Å². The second kappa shape index (κ2) is 10.8. The molecule has 1 unspecified atom stereocenters. The molecule has 1 aliphatic rings. The van der Waals surface area contributed by atoms with E-state index in [9.17, 15) is 4.79 Å². The molecule has 0 radical (unpaired) electrons. The number of carbonyl (C=O) groups excluding carboxylic acids is 1. The molecule has 1 aliphatic heterocycles. The first-order valence-corrected chi connectivity index (χ1v) is 13.6. The minimum absolute atomic E-state index is 0.0343. The Kier molecular flexibility index (Phi) is 7.94. The fourth-order valence-electron chi connectivity index (χ4n) is 5.62. The van der Waals surface area contributed by atoms with Gasteiger partial charge in [0.1, 0.15) is 11.5 Å². The highest BCUT2D eigenvalue weighted by Gasteiger charge is 2.36. The first-order valence-electron chi connectivity index (χ1n) is 13.6. The number of rotatable bonds is 6. The van der Waals surface area contributed by atoms with E-state index < -0.39 is 0 Å². The molecule has 3 aromatic carbocycles. The van der Waals surface area contributed by atoms with Crippen molar-refractivity contribution in [1.82, 2.24) is 4.90 Å². The number of piperidine rings is 1. The van der Waals surface area contributed by atoms with Gasteiger partial charge in [0.25, 0.3) is 0 Å². The highest BCUT2D eigenvalue weighted by Crippen LogP contribution is 2.40. The zero-order valence-corrected chi connectivity index (χ0v) is 23.7. The molecule has 0 aliphatic carbocycles. The number of hydrogen-bond donors (Lipinski definition) is 0. The molecule has 0 amide bonds. The summed E-state index contributed by atoms with van der Waals surface area (Å²) in [6.45, 7) is 15.8. The van der Waals surface area contributed by atoms with E-state index in [0.717, 1.165) is 25.4 Å². The Morgan fingerprint density at radius 3 is 1.92 bits per heavy atom. The van der Waals surface area contributed by atoms with Crippen LogP contribution in [0.1, 0.15) is 81.7 Å². The van der Waals surface area contributed by atoms with E-state index in [-0.39, 0.29) is 22.7 Å². The van der Waals surface area contributed by atoms with E-state index in [2.05, 4.69) is 107 Å². The first-order chi connectivity index (χ1) is 17.5. The maximum atomic E-state index is 13.4. The van der Waals surface area contributed by atoms with Crippen molar-refractivity contribution in [2.75, 3.05) is 20.2 Å². The van der Waals surface area contributed by atoms with Crippen molar-refractivity contribution in [2.45, 2.75) is 71.3 Å². The summed E-state index contributed by atoms with van der Waals surface area (Å²) in [6.07, 6.45) is 0.578. The molecule has 1 saturated heterocycles. The molecule has 1 atom stereocenters. The Balaban J connectivity index is 1.71. The minimum atomic E-state index is -0.0857. The normalized spacial score (nSPS) is 17.3. The van der Waals surface area contributed by atoms with Crippen LogP contribution in [0, 0.1) is 5.92 Å². The number of ether oxygens (including phenoxy) is 1. The molecule has 37 heavy (non-hydrogen) atoms. The fourth-order valence-corrected chi connectivity index (χ4v) is 5.62. The Hall–Kier alpha value is -2.91. The maximum absolute atomic E-state index is 13.4. The largest absolute Gasteiger partial charge is 0.496 e. The smallest absolute Gasteiger partial charge is 0.139 e. The van der Waals surface area contributed by atoms with Crippen molar-refractivity contribution in [1.29, 1.82) is 0 Å². The molecule has 0 N–H and O–H groups in total. The summed E-state index contributed by atoms with van der Waals surface area (Å²) in [4.78, 5) is 15.9. The van der Waals surface area contributed by atoms with Gasteiger partial charge in [-0.3, -0.25) is 9.69 Å². The summed E-state index contributed by atoms with van der Waals surface area (Å²) >= 11 is 0. The van der Waals surface area contributed by atoms with Gasteiger partial charge in [0.2, 0.25) is 0 Å². The molecule has 3 nitrogen and oxygen atoms in total. The average molecular weight is 498 g/mol. The van der Waals surface area contributed by atoms with Gasteiger partial charge in [-0.1, -0.05) is 114 Å². The van der Waals surface area contributed by atoms with Gasteiger partial charge in [-0.05, 0) is 27.5 Å². The number of likely N-dealkylation sites (tertiary alicyclic amines) is 1. The third-order valence-electron chi connectivity index (χ3n) is 7.70. The zero-order valence-electron chi connectivity index (χ0n) is 23.7. The van der Waals surface area contributed by atoms with Gasteiger partial charge in [-0.2, -0.15) is 0 Å². The van der Waals surface area contributed by atoms with Gasteiger partial charge >= 0.3 is 0 Å². The lowest BCUT2D eigenvalue weighted by Crippen LogP contribution is -2.43. The van der Waals surface area contributed by atoms with Crippen molar-refractivity contribution in [3.05, 3.63) is 101 Å². The summed E-state index contributed by atoms with van der Waals surface area (Å²) in [5.41, 5.74) is 6.19. The third kappa shape index (κ3) is 6.15. The molecule has 3 aromatic rings. The van der Waals surface area contributed by atoms with Crippen LogP contribution in [0.2, 0.25) is 0 Å². The van der Waals surface area contributed by atoms with Crippen LogP contribution >= 0.6 is 0 Å². The van der Waals surface area contributed by atoms with Crippen LogP contribution in [0.15, 0.2) is 72.8 Å². The number of ketones is 1. The quantitative estimate of drug-likeness (QED) is 0.353. The molecule has 0 spiro atoms. The van der Waals surface area contributed by atoms with Crippen molar-refractivity contribution in [3.8, 4) is 5.75 Å². The van der Waals surface area contributed by atoms with Gasteiger partial charge in [-0.25, -0.2) is 0 Å². The van der Waals surface area contributed by atoms with E-state index in [1.54, 1.807) is 7.11 Å². The highest BCUT2D eigenvalue weighted by atomic mass is 16.5. The lowest BCUT2D eigenvalue weighted by Gasteiger charge is -2.37. The molecular formula is C34H43NO2. The first kappa shape index (κ1) is 27.1. The van der Waals surface area contributed by atoms with E-state index in [0.29, 0.717) is 12.2 Å². The predicted molar refractivity (Wildman–Crippen MR) is 154 cm³/mol. The van der Waals surface area contributed by atoms with Crippen LogP contribution in [0.5, 0.6) is 5.75 Å². The van der Waals surface area contributed by atoms with Crippen LogP contribution in [0.3, 0.4) is 0 Å². The lowest BCUT2D eigenvalue weighted by atomic mass is 9.76. The monoisotopic (exact) mass is 497 g/mol. The highest BCUT2D eigenvalue weighted by molar-refractivity contribution is 5.83. The molecule has 196 valence electrons. The van der Waals surface area contributed by atoms with Crippen LogP contribution in [0.25, 0.3) is 0 Å². The molecule has 4 rings (SSSR count). The average Bonchev–Trinajstić information content (AvgIpc) is 2.86. The third-order valence-corrected chi connectivity index (χ3v) is 7.70. The Labute approximate surface area is 223 Å². The molecule has 3 heteroatoms. The minimum Gasteiger partial charge on any atom is -0.496 e. The molecular weight excluding hydrogens is 454 g/mol. The van der Waals surface area contributed by atoms with Crippen LogP contribution < -0.4 is 4.74 Å². The topological polar surface area (TPSA) is 29.5 Å².